The number of carboxylic acid groups (broad SMARTS) is 1. The number of carbonyl (C=O) groups excluding carboxylic acids is 2. The van der Waals surface area contributed by atoms with Gasteiger partial charge >= 0.3 is 12.1 Å². The van der Waals surface area contributed by atoms with Crippen LogP contribution in [0.5, 0.6) is 0 Å². The molecule has 0 spiro atoms. The maximum atomic E-state index is 12.2. The van der Waals surface area contributed by atoms with Crippen LogP contribution in [0.4, 0.5) is 4.79 Å². The van der Waals surface area contributed by atoms with Crippen LogP contribution in [-0.4, -0.2) is 52.7 Å². The van der Waals surface area contributed by atoms with E-state index in [1.165, 1.54) is 4.90 Å². The summed E-state index contributed by atoms with van der Waals surface area (Å²) in [5.74, 6) is -1.76. The molecule has 0 aromatic rings. The Morgan fingerprint density at radius 3 is 2.50 bits per heavy atom. The van der Waals surface area contributed by atoms with Gasteiger partial charge in [0.05, 0.1) is 5.92 Å². The number of carboxylic acids is 1. The predicted molar refractivity (Wildman–Crippen MR) is 80.4 cm³/mol. The number of amides is 2. The molecule has 2 atom stereocenters. The number of hydrogen-bond donors (Lipinski definition) is 2. The van der Waals surface area contributed by atoms with Gasteiger partial charge in [0, 0.05) is 13.1 Å². The van der Waals surface area contributed by atoms with Gasteiger partial charge in [-0.25, -0.2) is 9.59 Å². The molecule has 0 aromatic carbocycles. The Hall–Kier alpha value is -1.79. The molecule has 1 rings (SSSR count). The molecule has 1 heterocycles. The highest BCUT2D eigenvalue weighted by Crippen LogP contribution is 2.19. The largest absolute Gasteiger partial charge is 0.480 e. The fraction of sp³-hybridized carbons (Fsp3) is 0.800. The predicted octanol–water partition coefficient (Wildman–Crippen LogP) is 1.61. The van der Waals surface area contributed by atoms with E-state index in [1.54, 1.807) is 27.7 Å². The van der Waals surface area contributed by atoms with Crippen LogP contribution in [0.25, 0.3) is 0 Å². The van der Waals surface area contributed by atoms with Crippen molar-refractivity contribution in [2.45, 2.75) is 58.6 Å². The van der Waals surface area contributed by atoms with Crippen molar-refractivity contribution in [1.82, 2.24) is 10.2 Å². The lowest BCUT2D eigenvalue weighted by Crippen LogP contribution is -2.50. The van der Waals surface area contributed by atoms with Crippen molar-refractivity contribution in [2.75, 3.05) is 13.1 Å². The third kappa shape index (κ3) is 5.54. The number of hydrogen-bond acceptors (Lipinski definition) is 4. The molecule has 1 aliphatic heterocycles. The highest BCUT2D eigenvalue weighted by atomic mass is 16.6. The van der Waals surface area contributed by atoms with Gasteiger partial charge in [-0.3, -0.25) is 4.79 Å². The van der Waals surface area contributed by atoms with Crippen molar-refractivity contribution >= 4 is 18.0 Å². The second-order valence-electron chi connectivity index (χ2n) is 6.57. The monoisotopic (exact) mass is 314 g/mol. The summed E-state index contributed by atoms with van der Waals surface area (Å²) in [7, 11) is 0. The molecular weight excluding hydrogens is 288 g/mol. The van der Waals surface area contributed by atoms with Crippen LogP contribution >= 0.6 is 0 Å². The van der Waals surface area contributed by atoms with Crippen LogP contribution in [-0.2, 0) is 14.3 Å². The van der Waals surface area contributed by atoms with Crippen molar-refractivity contribution in [3.63, 3.8) is 0 Å². The quantitative estimate of drug-likeness (QED) is 0.822. The molecule has 0 saturated carbocycles. The van der Waals surface area contributed by atoms with Gasteiger partial charge in [0.15, 0.2) is 0 Å². The van der Waals surface area contributed by atoms with Gasteiger partial charge in [-0.2, -0.15) is 0 Å². The van der Waals surface area contributed by atoms with E-state index in [0.29, 0.717) is 25.8 Å². The fourth-order valence-corrected chi connectivity index (χ4v) is 2.31. The Kier molecular flexibility index (Phi) is 6.20. The number of aliphatic carboxylic acids is 1. The first kappa shape index (κ1) is 18.3. The van der Waals surface area contributed by atoms with Crippen molar-refractivity contribution < 1.29 is 24.2 Å². The average molecular weight is 314 g/mol. The van der Waals surface area contributed by atoms with Gasteiger partial charge < -0.3 is 20.1 Å². The minimum Gasteiger partial charge on any atom is -0.480 e. The summed E-state index contributed by atoms with van der Waals surface area (Å²) in [5, 5.41) is 11.5. The first-order valence-corrected chi connectivity index (χ1v) is 7.65. The average Bonchev–Trinajstić information content (AvgIpc) is 2.42. The van der Waals surface area contributed by atoms with E-state index in [-0.39, 0.29) is 12.5 Å². The maximum Gasteiger partial charge on any atom is 0.410 e. The lowest BCUT2D eigenvalue weighted by Gasteiger charge is -2.33. The third-order valence-corrected chi connectivity index (χ3v) is 3.47. The smallest absolute Gasteiger partial charge is 0.410 e. The van der Waals surface area contributed by atoms with Crippen LogP contribution in [0.3, 0.4) is 0 Å². The standard InChI is InChI=1S/C15H26N2O5/c1-5-11(13(19)20)16-12(18)10-7-6-8-17(9-10)14(21)22-15(2,3)4/h10-11H,5-9H2,1-4H3,(H,16,18)(H,19,20). The van der Waals surface area contributed by atoms with Gasteiger partial charge in [0.1, 0.15) is 11.6 Å². The van der Waals surface area contributed by atoms with E-state index in [0.717, 1.165) is 0 Å². The lowest BCUT2D eigenvalue weighted by molar-refractivity contribution is -0.142. The summed E-state index contributed by atoms with van der Waals surface area (Å²) >= 11 is 0. The zero-order chi connectivity index (χ0) is 16.9. The fourth-order valence-electron chi connectivity index (χ4n) is 2.31. The number of likely N-dealkylation sites (tertiary alicyclic amines) is 1. The zero-order valence-corrected chi connectivity index (χ0v) is 13.7. The van der Waals surface area contributed by atoms with Gasteiger partial charge in [-0.1, -0.05) is 6.92 Å². The number of rotatable bonds is 4. The lowest BCUT2D eigenvalue weighted by atomic mass is 9.97. The topological polar surface area (TPSA) is 95.9 Å². The highest BCUT2D eigenvalue weighted by molar-refractivity contribution is 5.85. The first-order valence-electron chi connectivity index (χ1n) is 7.65. The minimum absolute atomic E-state index is 0.261. The Labute approximate surface area is 131 Å². The summed E-state index contributed by atoms with van der Waals surface area (Å²) in [6.45, 7) is 7.88. The van der Waals surface area contributed by atoms with Crippen LogP contribution in [0.1, 0.15) is 47.0 Å². The molecule has 1 saturated heterocycles. The van der Waals surface area contributed by atoms with Crippen molar-refractivity contribution in [3.05, 3.63) is 0 Å². The number of nitrogens with zero attached hydrogens (tertiary/aromatic N) is 1. The van der Waals surface area contributed by atoms with E-state index in [4.69, 9.17) is 9.84 Å². The van der Waals surface area contributed by atoms with Crippen molar-refractivity contribution in [1.29, 1.82) is 0 Å². The number of ether oxygens (including phenoxy) is 1. The first-order chi connectivity index (χ1) is 10.1. The van der Waals surface area contributed by atoms with Crippen LogP contribution in [0, 0.1) is 5.92 Å². The molecule has 2 N–H and O–H groups in total. The van der Waals surface area contributed by atoms with Gasteiger partial charge in [0.2, 0.25) is 5.91 Å². The van der Waals surface area contributed by atoms with E-state index in [9.17, 15) is 14.4 Å². The second-order valence-corrected chi connectivity index (χ2v) is 6.57. The van der Waals surface area contributed by atoms with E-state index in [1.807, 2.05) is 0 Å². The molecule has 0 radical (unpaired) electrons. The van der Waals surface area contributed by atoms with Crippen LogP contribution in [0.15, 0.2) is 0 Å². The van der Waals surface area contributed by atoms with E-state index >= 15 is 0 Å². The summed E-state index contributed by atoms with van der Waals surface area (Å²) in [6, 6.07) is -0.885. The molecule has 22 heavy (non-hydrogen) atoms. The molecular formula is C15H26N2O5. The Morgan fingerprint density at radius 1 is 1.36 bits per heavy atom. The van der Waals surface area contributed by atoms with Crippen LogP contribution in [0.2, 0.25) is 0 Å². The van der Waals surface area contributed by atoms with Crippen molar-refractivity contribution in [3.8, 4) is 0 Å². The summed E-state index contributed by atoms with van der Waals surface area (Å²) < 4.78 is 5.31. The second kappa shape index (κ2) is 7.47. The van der Waals surface area contributed by atoms with Crippen LogP contribution < -0.4 is 5.32 Å². The molecule has 126 valence electrons. The Balaban J connectivity index is 2.60. The zero-order valence-electron chi connectivity index (χ0n) is 13.7. The maximum absolute atomic E-state index is 12.2. The molecule has 2 amide bonds. The number of piperidine rings is 1. The molecule has 1 fully saturated rings. The normalized spacial score (nSPS) is 20.2. The number of nitrogens with one attached hydrogen (secondary N) is 1. The van der Waals surface area contributed by atoms with Gasteiger partial charge in [0.25, 0.3) is 0 Å². The summed E-state index contributed by atoms with van der Waals surface area (Å²) in [4.78, 5) is 36.7. The molecule has 7 heteroatoms. The molecule has 0 aliphatic carbocycles. The summed E-state index contributed by atoms with van der Waals surface area (Å²) in [6.07, 6.45) is 1.22. The number of carbonyl (C=O) groups is 3. The van der Waals surface area contributed by atoms with E-state index < -0.39 is 29.6 Å². The highest BCUT2D eigenvalue weighted by Gasteiger charge is 2.32. The Morgan fingerprint density at radius 2 is 2.00 bits per heavy atom. The minimum atomic E-state index is -1.05. The van der Waals surface area contributed by atoms with Crippen molar-refractivity contribution in [2.24, 2.45) is 5.92 Å². The Bertz CT molecular complexity index is 430. The third-order valence-electron chi connectivity index (χ3n) is 3.47. The molecule has 0 bridgehead atoms. The molecule has 7 nitrogen and oxygen atoms in total. The summed E-state index contributed by atoms with van der Waals surface area (Å²) in [5.41, 5.74) is -0.580. The molecule has 2 unspecified atom stereocenters. The molecule has 0 aromatic heterocycles. The van der Waals surface area contributed by atoms with Gasteiger partial charge in [-0.05, 0) is 40.0 Å². The van der Waals surface area contributed by atoms with Gasteiger partial charge in [-0.15, -0.1) is 0 Å². The molecule has 1 aliphatic rings. The van der Waals surface area contributed by atoms with E-state index in [2.05, 4.69) is 5.32 Å². The SMILES string of the molecule is CCC(NC(=O)C1CCCN(C(=O)OC(C)(C)C)C1)C(=O)O.